The quantitative estimate of drug-likeness (QED) is 0.518. The Balaban J connectivity index is 0.000000154. The Morgan fingerprint density at radius 2 is 1.00 bits per heavy atom. The monoisotopic (exact) mass is 302 g/mol. The van der Waals surface area contributed by atoms with Gasteiger partial charge in [-0.3, -0.25) is 20.2 Å². The molecule has 0 N–H and O–H groups in total. The predicted molar refractivity (Wildman–Crippen MR) is 81.6 cm³/mol. The maximum absolute atomic E-state index is 10.0. The van der Waals surface area contributed by atoms with Crippen molar-refractivity contribution < 1.29 is 9.85 Å². The van der Waals surface area contributed by atoms with Crippen LogP contribution in [-0.2, 0) is 0 Å². The van der Waals surface area contributed by atoms with Crippen LogP contribution in [0.1, 0.15) is 0 Å². The number of benzene rings is 2. The molecule has 7 heteroatoms. The van der Waals surface area contributed by atoms with Gasteiger partial charge in [0.05, 0.1) is 9.85 Å². The number of nitrogens with zero attached hydrogens (tertiary/aromatic N) is 2. The molecule has 0 aliphatic rings. The molecule has 0 aliphatic carbocycles. The van der Waals surface area contributed by atoms with Crippen molar-refractivity contribution in [2.75, 3.05) is 0 Å². The first-order valence-corrected chi connectivity index (χ1v) is 6.72. The minimum absolute atomic E-state index is 0.211. The molecule has 21 heavy (non-hydrogen) atoms. The van der Waals surface area contributed by atoms with Crippen LogP contribution in [0.25, 0.3) is 10.8 Å². The molecule has 0 spiro atoms. The van der Waals surface area contributed by atoms with E-state index < -0.39 is 9.85 Å². The lowest BCUT2D eigenvalue weighted by atomic mass is 10.1. The molecule has 0 atom stereocenters. The van der Waals surface area contributed by atoms with Crippen molar-refractivity contribution in [2.45, 2.75) is 0 Å². The van der Waals surface area contributed by atoms with Crippen molar-refractivity contribution in [3.8, 4) is 0 Å². The minimum Gasteiger partial charge on any atom is -0.258 e. The molecule has 0 unspecified atom stereocenters. The van der Waals surface area contributed by atoms with Crippen molar-refractivity contribution in [2.24, 2.45) is 0 Å². The molecule has 0 aliphatic heterocycles. The number of nitro groups is 2. The third-order valence-corrected chi connectivity index (χ3v) is 3.58. The topological polar surface area (TPSA) is 86.3 Å². The molecule has 0 saturated carbocycles. The normalized spacial score (nSPS) is 9.71. The van der Waals surface area contributed by atoms with Crippen LogP contribution in [0, 0.1) is 20.2 Å². The molecule has 1 heterocycles. The lowest BCUT2D eigenvalue weighted by molar-refractivity contribution is -0.382. The molecule has 0 bridgehead atoms. The second kappa shape index (κ2) is 6.58. The minimum atomic E-state index is -0.655. The van der Waals surface area contributed by atoms with Crippen molar-refractivity contribution in [1.82, 2.24) is 0 Å². The first kappa shape index (κ1) is 14.6. The first-order chi connectivity index (χ1) is 10.1. The van der Waals surface area contributed by atoms with E-state index >= 15 is 0 Å². The van der Waals surface area contributed by atoms with Crippen molar-refractivity contribution >= 4 is 32.1 Å². The summed E-state index contributed by atoms with van der Waals surface area (Å²) in [5.41, 5.74) is 0. The van der Waals surface area contributed by atoms with E-state index in [9.17, 15) is 20.2 Å². The number of hydrogen-bond donors (Lipinski definition) is 0. The molecule has 3 rings (SSSR count). The zero-order chi connectivity index (χ0) is 15.2. The van der Waals surface area contributed by atoms with E-state index in [0.717, 1.165) is 12.1 Å². The molecular weight excluding hydrogens is 292 g/mol. The summed E-state index contributed by atoms with van der Waals surface area (Å²) in [6.45, 7) is 0. The lowest BCUT2D eigenvalue weighted by Gasteiger charge is -1.92. The summed E-state index contributed by atoms with van der Waals surface area (Å²) in [5, 5.41) is 22.3. The van der Waals surface area contributed by atoms with Crippen LogP contribution in [0.2, 0.25) is 0 Å². The van der Waals surface area contributed by atoms with E-state index in [1.807, 2.05) is 0 Å². The zero-order valence-electron chi connectivity index (χ0n) is 10.7. The maximum Gasteiger partial charge on any atom is 0.330 e. The summed E-state index contributed by atoms with van der Waals surface area (Å²) >= 11 is 0.551. The number of fused-ring (bicyclic) bond motifs is 1. The fourth-order valence-electron chi connectivity index (χ4n) is 1.65. The lowest BCUT2D eigenvalue weighted by Crippen LogP contribution is -1.82. The Morgan fingerprint density at radius 1 is 0.667 bits per heavy atom. The van der Waals surface area contributed by atoms with Gasteiger partial charge >= 0.3 is 10.0 Å². The molecule has 0 radical (unpaired) electrons. The van der Waals surface area contributed by atoms with Crippen molar-refractivity contribution in [1.29, 1.82) is 0 Å². The van der Waals surface area contributed by atoms with Crippen LogP contribution in [0.15, 0.2) is 60.7 Å². The van der Waals surface area contributed by atoms with E-state index in [1.165, 1.54) is 10.8 Å². The maximum atomic E-state index is 10.0. The average Bonchev–Trinajstić information content (AvgIpc) is 2.98. The first-order valence-electron chi connectivity index (χ1n) is 5.90. The van der Waals surface area contributed by atoms with Crippen LogP contribution in [0.5, 0.6) is 0 Å². The van der Waals surface area contributed by atoms with Crippen LogP contribution in [0.4, 0.5) is 10.0 Å². The largest absolute Gasteiger partial charge is 0.330 e. The van der Waals surface area contributed by atoms with Crippen LogP contribution in [-0.4, -0.2) is 9.85 Å². The molecule has 1 aromatic heterocycles. The van der Waals surface area contributed by atoms with E-state index in [-0.39, 0.29) is 10.0 Å². The van der Waals surface area contributed by atoms with Gasteiger partial charge in [0.25, 0.3) is 0 Å². The summed E-state index contributed by atoms with van der Waals surface area (Å²) in [7, 11) is 0. The number of rotatable bonds is 2. The van der Waals surface area contributed by atoms with Gasteiger partial charge in [-0.05, 0) is 10.8 Å². The molecular formula is C14H10N2O4S. The van der Waals surface area contributed by atoms with Crippen molar-refractivity contribution in [3.63, 3.8) is 0 Å². The van der Waals surface area contributed by atoms with E-state index in [4.69, 9.17) is 0 Å². The fourth-order valence-corrected chi connectivity index (χ4v) is 2.28. The van der Waals surface area contributed by atoms with Gasteiger partial charge in [0.1, 0.15) is 0 Å². The molecule has 2 aromatic carbocycles. The molecule has 106 valence electrons. The Bertz CT molecular complexity index is 691. The summed E-state index contributed by atoms with van der Waals surface area (Å²) in [6, 6.07) is 18.9. The predicted octanol–water partition coefficient (Wildman–Crippen LogP) is 4.40. The van der Waals surface area contributed by atoms with Gasteiger partial charge in [-0.1, -0.05) is 48.5 Å². The molecule has 0 saturated heterocycles. The van der Waals surface area contributed by atoms with E-state index in [1.54, 1.807) is 0 Å². The summed E-state index contributed by atoms with van der Waals surface area (Å²) in [4.78, 5) is 18.8. The van der Waals surface area contributed by atoms with Gasteiger partial charge < -0.3 is 0 Å². The van der Waals surface area contributed by atoms with Crippen molar-refractivity contribution in [3.05, 3.63) is 80.9 Å². The summed E-state index contributed by atoms with van der Waals surface area (Å²) in [5.74, 6) is 0. The smallest absolute Gasteiger partial charge is 0.258 e. The standard InChI is InChI=1S/C10H8.C4H2N2O4S/c1-2-6-10-8-4-3-7-9(10)5-1;7-5(8)3-1-2-4(11-3)6(9)10/h1-8H;1-2H. The Hall–Kier alpha value is -2.80. The zero-order valence-corrected chi connectivity index (χ0v) is 11.5. The van der Waals surface area contributed by atoms with Crippen LogP contribution >= 0.6 is 11.3 Å². The number of hydrogen-bond acceptors (Lipinski definition) is 5. The SMILES string of the molecule is O=[N+]([O-])c1ccc([N+](=O)[O-])s1.c1ccc2ccccc2c1. The molecule has 3 aromatic rings. The number of thiophene rings is 1. The molecule has 0 fully saturated rings. The Labute approximate surface area is 123 Å². The summed E-state index contributed by atoms with van der Waals surface area (Å²) in [6.07, 6.45) is 0. The summed E-state index contributed by atoms with van der Waals surface area (Å²) < 4.78 is 0. The highest BCUT2D eigenvalue weighted by Crippen LogP contribution is 2.29. The fraction of sp³-hybridized carbons (Fsp3) is 0. The van der Waals surface area contributed by atoms with E-state index in [0.29, 0.717) is 11.3 Å². The Morgan fingerprint density at radius 3 is 1.24 bits per heavy atom. The van der Waals surface area contributed by atoms with Gasteiger partial charge in [0.2, 0.25) is 0 Å². The Kier molecular flexibility index (Phi) is 4.57. The average molecular weight is 302 g/mol. The second-order valence-corrected chi connectivity index (χ2v) is 5.01. The highest BCUT2D eigenvalue weighted by molar-refractivity contribution is 7.18. The molecule has 6 nitrogen and oxygen atoms in total. The van der Waals surface area contributed by atoms with Gasteiger partial charge in [-0.2, -0.15) is 0 Å². The van der Waals surface area contributed by atoms with Crippen LogP contribution < -0.4 is 0 Å². The van der Waals surface area contributed by atoms with Gasteiger partial charge in [0, 0.05) is 23.5 Å². The van der Waals surface area contributed by atoms with Gasteiger partial charge in [0.15, 0.2) is 0 Å². The second-order valence-electron chi connectivity index (χ2n) is 3.97. The van der Waals surface area contributed by atoms with Crippen LogP contribution in [0.3, 0.4) is 0 Å². The third kappa shape index (κ3) is 3.83. The van der Waals surface area contributed by atoms with Gasteiger partial charge in [-0.25, -0.2) is 0 Å². The molecule has 0 amide bonds. The highest BCUT2D eigenvalue weighted by Gasteiger charge is 2.16. The van der Waals surface area contributed by atoms with E-state index in [2.05, 4.69) is 48.5 Å². The van der Waals surface area contributed by atoms with Gasteiger partial charge in [-0.15, -0.1) is 0 Å². The highest BCUT2D eigenvalue weighted by atomic mass is 32.1. The third-order valence-electron chi connectivity index (χ3n) is 2.60.